The fourth-order valence-electron chi connectivity index (χ4n) is 3.88. The SMILES string of the molecule is Cc1nc2ccccn2c1C(=O)N1CCC(Oc2cccc3cccnc23)C1. The quantitative estimate of drug-likeness (QED) is 0.552. The van der Waals surface area contributed by atoms with Gasteiger partial charge in [-0.05, 0) is 31.2 Å². The summed E-state index contributed by atoms with van der Waals surface area (Å²) in [6.07, 6.45) is 4.41. The molecule has 3 aromatic heterocycles. The molecule has 0 saturated carbocycles. The first kappa shape index (κ1) is 16.7. The highest BCUT2D eigenvalue weighted by Crippen LogP contribution is 2.27. The van der Waals surface area contributed by atoms with Gasteiger partial charge in [0.05, 0.1) is 12.2 Å². The van der Waals surface area contributed by atoms with Crippen LogP contribution in [0.3, 0.4) is 0 Å². The summed E-state index contributed by atoms with van der Waals surface area (Å²) in [5, 5.41) is 1.05. The summed E-state index contributed by atoms with van der Waals surface area (Å²) in [7, 11) is 0. The smallest absolute Gasteiger partial charge is 0.272 e. The van der Waals surface area contributed by atoms with Crippen LogP contribution in [0.4, 0.5) is 0 Å². The van der Waals surface area contributed by atoms with Gasteiger partial charge >= 0.3 is 0 Å². The third-order valence-electron chi connectivity index (χ3n) is 5.23. The number of nitrogens with zero attached hydrogens (tertiary/aromatic N) is 4. The van der Waals surface area contributed by atoms with Crippen LogP contribution in [0.15, 0.2) is 60.9 Å². The second-order valence-electron chi connectivity index (χ2n) is 7.09. The number of amides is 1. The zero-order valence-corrected chi connectivity index (χ0v) is 15.6. The number of benzene rings is 1. The first-order chi connectivity index (χ1) is 13.7. The van der Waals surface area contributed by atoms with E-state index in [1.165, 1.54) is 0 Å². The number of pyridine rings is 2. The van der Waals surface area contributed by atoms with Crippen molar-refractivity contribution in [3.63, 3.8) is 0 Å². The van der Waals surface area contributed by atoms with E-state index in [1.54, 1.807) is 6.20 Å². The van der Waals surface area contributed by atoms with Gasteiger partial charge in [-0.1, -0.05) is 24.3 Å². The Labute approximate surface area is 162 Å². The summed E-state index contributed by atoms with van der Waals surface area (Å²) in [5.74, 6) is 0.765. The number of aromatic nitrogens is 3. The molecule has 5 rings (SSSR count). The van der Waals surface area contributed by atoms with Crippen LogP contribution in [0.5, 0.6) is 5.75 Å². The fraction of sp³-hybridized carbons (Fsp3) is 0.227. The number of imidazole rings is 1. The normalized spacial score (nSPS) is 16.8. The van der Waals surface area contributed by atoms with Gasteiger partial charge in [0.1, 0.15) is 28.7 Å². The highest BCUT2D eigenvalue weighted by molar-refractivity contribution is 5.95. The van der Waals surface area contributed by atoms with Crippen molar-refractivity contribution < 1.29 is 9.53 Å². The van der Waals surface area contributed by atoms with Crippen molar-refractivity contribution >= 4 is 22.5 Å². The van der Waals surface area contributed by atoms with Gasteiger partial charge in [0.15, 0.2) is 0 Å². The average molecular weight is 372 g/mol. The number of hydrogen-bond donors (Lipinski definition) is 0. The summed E-state index contributed by atoms with van der Waals surface area (Å²) < 4.78 is 8.09. The van der Waals surface area contributed by atoms with Crippen LogP contribution in [0, 0.1) is 6.92 Å². The van der Waals surface area contributed by atoms with Crippen molar-refractivity contribution in [1.82, 2.24) is 19.3 Å². The molecular formula is C22H20N4O2. The standard InChI is InChI=1S/C22H20N4O2/c1-15-21(26-12-3-2-9-19(26)24-15)22(27)25-13-10-17(14-25)28-18-8-4-6-16-7-5-11-23-20(16)18/h2-9,11-12,17H,10,13-14H2,1H3. The van der Waals surface area contributed by atoms with E-state index >= 15 is 0 Å². The first-order valence-corrected chi connectivity index (χ1v) is 9.44. The van der Waals surface area contributed by atoms with Crippen LogP contribution in [0.1, 0.15) is 22.6 Å². The lowest BCUT2D eigenvalue weighted by molar-refractivity contribution is 0.0765. The number of fused-ring (bicyclic) bond motifs is 2. The molecule has 1 unspecified atom stereocenters. The zero-order valence-electron chi connectivity index (χ0n) is 15.6. The highest BCUT2D eigenvalue weighted by atomic mass is 16.5. The second kappa shape index (κ2) is 6.64. The Bertz CT molecular complexity index is 1180. The molecule has 0 spiro atoms. The molecule has 6 heteroatoms. The predicted molar refractivity (Wildman–Crippen MR) is 107 cm³/mol. The van der Waals surface area contributed by atoms with E-state index in [0.29, 0.717) is 18.8 Å². The summed E-state index contributed by atoms with van der Waals surface area (Å²) in [5.41, 5.74) is 3.02. The van der Waals surface area contributed by atoms with E-state index in [4.69, 9.17) is 4.74 Å². The van der Waals surface area contributed by atoms with Crippen molar-refractivity contribution in [3.05, 3.63) is 72.3 Å². The summed E-state index contributed by atoms with van der Waals surface area (Å²) in [6, 6.07) is 15.6. The van der Waals surface area contributed by atoms with Crippen LogP contribution in [0.25, 0.3) is 16.6 Å². The fourth-order valence-corrected chi connectivity index (χ4v) is 3.88. The minimum atomic E-state index is -0.0453. The van der Waals surface area contributed by atoms with Gasteiger partial charge in [-0.3, -0.25) is 14.2 Å². The number of aryl methyl sites for hydroxylation is 1. The maximum atomic E-state index is 13.2. The Hall–Kier alpha value is -3.41. The molecule has 4 aromatic rings. The molecule has 4 heterocycles. The van der Waals surface area contributed by atoms with Crippen LogP contribution >= 0.6 is 0 Å². The van der Waals surface area contributed by atoms with Gasteiger partial charge < -0.3 is 9.64 Å². The molecule has 0 bridgehead atoms. The number of carbonyl (C=O) groups excluding carboxylic acids is 1. The molecule has 0 aliphatic carbocycles. The van der Waals surface area contributed by atoms with E-state index < -0.39 is 0 Å². The van der Waals surface area contributed by atoms with Gasteiger partial charge in [-0.15, -0.1) is 0 Å². The van der Waals surface area contributed by atoms with Crippen LogP contribution < -0.4 is 4.74 Å². The van der Waals surface area contributed by atoms with Crippen LogP contribution in [-0.4, -0.2) is 44.4 Å². The Kier molecular flexibility index (Phi) is 3.97. The summed E-state index contributed by atoms with van der Waals surface area (Å²) in [4.78, 5) is 24.0. The van der Waals surface area contributed by atoms with Crippen LogP contribution in [0.2, 0.25) is 0 Å². The Balaban J connectivity index is 1.37. The summed E-state index contributed by atoms with van der Waals surface area (Å²) >= 11 is 0. The molecule has 6 nitrogen and oxygen atoms in total. The molecule has 1 aromatic carbocycles. The largest absolute Gasteiger partial charge is 0.486 e. The number of hydrogen-bond acceptors (Lipinski definition) is 4. The maximum Gasteiger partial charge on any atom is 0.272 e. The first-order valence-electron chi connectivity index (χ1n) is 9.44. The minimum absolute atomic E-state index is 0.00153. The van der Waals surface area contributed by atoms with Crippen molar-refractivity contribution in [2.24, 2.45) is 0 Å². The van der Waals surface area contributed by atoms with Crippen LogP contribution in [-0.2, 0) is 0 Å². The Morgan fingerprint density at radius 2 is 2.04 bits per heavy atom. The molecule has 0 N–H and O–H groups in total. The zero-order chi connectivity index (χ0) is 19.1. The lowest BCUT2D eigenvalue weighted by Crippen LogP contribution is -2.32. The molecule has 1 amide bonds. The van der Waals surface area contributed by atoms with E-state index in [2.05, 4.69) is 9.97 Å². The topological polar surface area (TPSA) is 59.7 Å². The number of carbonyl (C=O) groups is 1. The van der Waals surface area contributed by atoms with Crippen molar-refractivity contribution in [2.75, 3.05) is 13.1 Å². The molecule has 0 radical (unpaired) electrons. The number of para-hydroxylation sites is 1. The maximum absolute atomic E-state index is 13.2. The molecule has 28 heavy (non-hydrogen) atoms. The number of ether oxygens (including phenoxy) is 1. The number of likely N-dealkylation sites (tertiary alicyclic amines) is 1. The van der Waals surface area contributed by atoms with Gasteiger partial charge in [-0.25, -0.2) is 4.98 Å². The minimum Gasteiger partial charge on any atom is -0.486 e. The van der Waals surface area contributed by atoms with Crippen molar-refractivity contribution in [3.8, 4) is 5.75 Å². The molecule has 1 aliphatic rings. The Morgan fingerprint density at radius 1 is 1.14 bits per heavy atom. The van der Waals surface area contributed by atoms with E-state index in [1.807, 2.05) is 71.0 Å². The van der Waals surface area contributed by atoms with E-state index in [-0.39, 0.29) is 12.0 Å². The lowest BCUT2D eigenvalue weighted by Gasteiger charge is -2.18. The average Bonchev–Trinajstić information content (AvgIpc) is 3.31. The second-order valence-corrected chi connectivity index (χ2v) is 7.09. The Morgan fingerprint density at radius 3 is 2.96 bits per heavy atom. The lowest BCUT2D eigenvalue weighted by atomic mass is 10.2. The highest BCUT2D eigenvalue weighted by Gasteiger charge is 2.31. The predicted octanol–water partition coefficient (Wildman–Crippen LogP) is 3.48. The van der Waals surface area contributed by atoms with Gasteiger partial charge in [0.2, 0.25) is 0 Å². The van der Waals surface area contributed by atoms with Gasteiger partial charge in [0, 0.05) is 30.7 Å². The third-order valence-corrected chi connectivity index (χ3v) is 5.23. The molecule has 1 saturated heterocycles. The van der Waals surface area contributed by atoms with E-state index in [9.17, 15) is 4.79 Å². The third kappa shape index (κ3) is 2.78. The molecule has 1 aliphatic heterocycles. The van der Waals surface area contributed by atoms with Crippen molar-refractivity contribution in [1.29, 1.82) is 0 Å². The van der Waals surface area contributed by atoms with Gasteiger partial charge in [0.25, 0.3) is 5.91 Å². The molecule has 140 valence electrons. The van der Waals surface area contributed by atoms with Gasteiger partial charge in [-0.2, -0.15) is 0 Å². The number of rotatable bonds is 3. The molecule has 1 atom stereocenters. The van der Waals surface area contributed by atoms with Crippen molar-refractivity contribution in [2.45, 2.75) is 19.4 Å². The molecule has 1 fully saturated rings. The monoisotopic (exact) mass is 372 g/mol. The molecular weight excluding hydrogens is 352 g/mol. The summed E-state index contributed by atoms with van der Waals surface area (Å²) in [6.45, 7) is 3.11. The van der Waals surface area contributed by atoms with E-state index in [0.717, 1.165) is 34.4 Å².